The number of rotatable bonds is 4. The molecule has 0 aromatic heterocycles. The van der Waals surface area contributed by atoms with Crippen LogP contribution in [0.4, 0.5) is 0 Å². The van der Waals surface area contributed by atoms with E-state index in [2.05, 4.69) is 194 Å². The van der Waals surface area contributed by atoms with E-state index in [1.54, 1.807) is 0 Å². The minimum absolute atomic E-state index is 1.22. The number of benzene rings is 10. The summed E-state index contributed by atoms with van der Waals surface area (Å²) in [5.41, 5.74) is 9.90. The second-order valence-electron chi connectivity index (χ2n) is 13.3. The summed E-state index contributed by atoms with van der Waals surface area (Å²) in [5, 5.41) is 12.6. The van der Waals surface area contributed by atoms with E-state index >= 15 is 0 Å². The first-order valence-corrected chi connectivity index (χ1v) is 17.3. The topological polar surface area (TPSA) is 0 Å². The van der Waals surface area contributed by atoms with Crippen LogP contribution >= 0.6 is 0 Å². The second-order valence-corrected chi connectivity index (χ2v) is 13.3. The van der Waals surface area contributed by atoms with Crippen molar-refractivity contribution in [2.45, 2.75) is 0 Å². The van der Waals surface area contributed by atoms with Crippen molar-refractivity contribution in [2.24, 2.45) is 0 Å². The average molecular weight is 633 g/mol. The smallest absolute Gasteiger partial charge is 0.00199 e. The summed E-state index contributed by atoms with van der Waals surface area (Å²) >= 11 is 0. The third kappa shape index (κ3) is 4.61. The highest BCUT2D eigenvalue weighted by atomic mass is 14.2. The molecular formula is C50H32. The molecule has 0 unspecified atom stereocenters. The lowest BCUT2D eigenvalue weighted by atomic mass is 9.82. The Balaban J connectivity index is 1.38. The fourth-order valence-electron chi connectivity index (χ4n) is 8.05. The lowest BCUT2D eigenvalue weighted by molar-refractivity contribution is 1.63. The van der Waals surface area contributed by atoms with Crippen LogP contribution in [0.15, 0.2) is 194 Å². The van der Waals surface area contributed by atoms with Gasteiger partial charge >= 0.3 is 0 Å². The van der Waals surface area contributed by atoms with E-state index in [9.17, 15) is 0 Å². The summed E-state index contributed by atoms with van der Waals surface area (Å²) in [6.45, 7) is 0. The Labute approximate surface area is 291 Å². The van der Waals surface area contributed by atoms with Crippen molar-refractivity contribution in [1.82, 2.24) is 0 Å². The van der Waals surface area contributed by atoms with Crippen LogP contribution in [-0.4, -0.2) is 0 Å². The molecule has 0 spiro atoms. The van der Waals surface area contributed by atoms with Gasteiger partial charge in [0.2, 0.25) is 0 Å². The Hall–Kier alpha value is -6.50. The third-order valence-electron chi connectivity index (χ3n) is 10.4. The Morgan fingerprint density at radius 1 is 0.200 bits per heavy atom. The van der Waals surface area contributed by atoms with E-state index in [1.807, 2.05) is 0 Å². The minimum Gasteiger partial charge on any atom is -0.0622 e. The zero-order valence-corrected chi connectivity index (χ0v) is 27.5. The molecule has 0 amide bonds. The van der Waals surface area contributed by atoms with Crippen molar-refractivity contribution in [3.8, 4) is 44.5 Å². The number of hydrogen-bond acceptors (Lipinski definition) is 0. The molecule has 232 valence electrons. The first kappa shape index (κ1) is 28.5. The maximum absolute atomic E-state index is 2.42. The molecule has 50 heavy (non-hydrogen) atoms. The molecule has 0 saturated heterocycles. The first-order chi connectivity index (χ1) is 24.8. The summed E-state index contributed by atoms with van der Waals surface area (Å²) in [6.07, 6.45) is 0. The standard InChI is InChI=1S/C50H32/c1-3-12-33(13-4-1)38-27-29-45-47(30-38)49(40-25-24-37-23-22-36-17-8-10-20-42(36)46(37)32-40)44-28-26-39(34-14-5-2-6-15-34)31-48(44)50(45)43-21-11-18-35-16-7-9-19-41(35)43/h1-32H. The molecule has 0 aliphatic rings. The van der Waals surface area contributed by atoms with Crippen molar-refractivity contribution >= 4 is 53.9 Å². The Bertz CT molecular complexity index is 2890. The summed E-state index contributed by atoms with van der Waals surface area (Å²) in [7, 11) is 0. The van der Waals surface area contributed by atoms with Crippen molar-refractivity contribution in [3.63, 3.8) is 0 Å². The van der Waals surface area contributed by atoms with Crippen molar-refractivity contribution in [1.29, 1.82) is 0 Å². The van der Waals surface area contributed by atoms with Crippen LogP contribution in [0.25, 0.3) is 98.4 Å². The first-order valence-electron chi connectivity index (χ1n) is 17.3. The predicted octanol–water partition coefficient (Wildman–Crippen LogP) is 14.1. The largest absolute Gasteiger partial charge is 0.0622 e. The normalized spacial score (nSPS) is 11.6. The van der Waals surface area contributed by atoms with E-state index in [0.717, 1.165) is 0 Å². The highest BCUT2D eigenvalue weighted by molar-refractivity contribution is 6.25. The third-order valence-corrected chi connectivity index (χ3v) is 10.4. The van der Waals surface area contributed by atoms with Gasteiger partial charge in [-0.15, -0.1) is 0 Å². The van der Waals surface area contributed by atoms with Crippen LogP contribution in [0.1, 0.15) is 0 Å². The molecular weight excluding hydrogens is 601 g/mol. The van der Waals surface area contributed by atoms with Gasteiger partial charge in [-0.2, -0.15) is 0 Å². The maximum Gasteiger partial charge on any atom is -0.00199 e. The molecule has 10 aromatic rings. The van der Waals surface area contributed by atoms with Gasteiger partial charge in [0, 0.05) is 0 Å². The van der Waals surface area contributed by atoms with Crippen LogP contribution in [-0.2, 0) is 0 Å². The van der Waals surface area contributed by atoms with Crippen LogP contribution < -0.4 is 0 Å². The molecule has 0 heterocycles. The van der Waals surface area contributed by atoms with Gasteiger partial charge in [0.15, 0.2) is 0 Å². The van der Waals surface area contributed by atoms with Gasteiger partial charge in [0.1, 0.15) is 0 Å². The van der Waals surface area contributed by atoms with Gasteiger partial charge < -0.3 is 0 Å². The van der Waals surface area contributed by atoms with E-state index < -0.39 is 0 Å². The van der Waals surface area contributed by atoms with E-state index in [4.69, 9.17) is 0 Å². The zero-order chi connectivity index (χ0) is 33.0. The van der Waals surface area contributed by atoms with Crippen LogP contribution in [0.5, 0.6) is 0 Å². The Morgan fingerprint density at radius 2 is 0.660 bits per heavy atom. The molecule has 0 saturated carbocycles. The highest BCUT2D eigenvalue weighted by Crippen LogP contribution is 2.48. The van der Waals surface area contributed by atoms with Gasteiger partial charge in [-0.3, -0.25) is 0 Å². The van der Waals surface area contributed by atoms with Crippen LogP contribution in [0, 0.1) is 0 Å². The van der Waals surface area contributed by atoms with E-state index in [-0.39, 0.29) is 0 Å². The molecule has 0 fully saturated rings. The fourth-order valence-corrected chi connectivity index (χ4v) is 8.05. The molecule has 0 bridgehead atoms. The molecule has 10 aromatic carbocycles. The Kier molecular flexibility index (Phi) is 6.60. The molecule has 0 heteroatoms. The molecule has 0 radical (unpaired) electrons. The molecule has 0 N–H and O–H groups in total. The van der Waals surface area contributed by atoms with Crippen molar-refractivity contribution in [3.05, 3.63) is 194 Å². The lowest BCUT2D eigenvalue weighted by Crippen LogP contribution is -1.93. The van der Waals surface area contributed by atoms with Gasteiger partial charge in [-0.05, 0) is 117 Å². The van der Waals surface area contributed by atoms with E-state index in [0.29, 0.717) is 0 Å². The molecule has 0 nitrogen and oxygen atoms in total. The SMILES string of the molecule is c1ccc(-c2ccc3c(-c4cccc5ccccc45)c4cc(-c5ccccc5)ccc4c(-c4ccc5ccc6ccccc6c5c4)c3c2)cc1. The van der Waals surface area contributed by atoms with E-state index in [1.165, 1.54) is 98.4 Å². The maximum atomic E-state index is 2.42. The monoisotopic (exact) mass is 632 g/mol. The van der Waals surface area contributed by atoms with Crippen molar-refractivity contribution < 1.29 is 0 Å². The predicted molar refractivity (Wildman–Crippen MR) is 216 cm³/mol. The quantitative estimate of drug-likeness (QED) is 0.134. The summed E-state index contributed by atoms with van der Waals surface area (Å²) in [5.74, 6) is 0. The zero-order valence-electron chi connectivity index (χ0n) is 27.5. The summed E-state index contributed by atoms with van der Waals surface area (Å²) in [4.78, 5) is 0. The second kappa shape index (κ2) is 11.6. The summed E-state index contributed by atoms with van der Waals surface area (Å²) < 4.78 is 0. The lowest BCUT2D eigenvalue weighted by Gasteiger charge is -2.21. The minimum atomic E-state index is 1.22. The van der Waals surface area contributed by atoms with Gasteiger partial charge in [0.25, 0.3) is 0 Å². The van der Waals surface area contributed by atoms with Gasteiger partial charge in [-0.1, -0.05) is 176 Å². The molecule has 0 aliphatic carbocycles. The van der Waals surface area contributed by atoms with Crippen LogP contribution in [0.2, 0.25) is 0 Å². The van der Waals surface area contributed by atoms with Gasteiger partial charge in [0.05, 0.1) is 0 Å². The van der Waals surface area contributed by atoms with Crippen molar-refractivity contribution in [2.75, 3.05) is 0 Å². The van der Waals surface area contributed by atoms with Gasteiger partial charge in [-0.25, -0.2) is 0 Å². The fraction of sp³-hybridized carbons (Fsp3) is 0. The number of fused-ring (bicyclic) bond motifs is 6. The molecule has 10 rings (SSSR count). The van der Waals surface area contributed by atoms with Crippen LogP contribution in [0.3, 0.4) is 0 Å². The summed E-state index contributed by atoms with van der Waals surface area (Å²) in [6, 6.07) is 71.5. The highest BCUT2D eigenvalue weighted by Gasteiger charge is 2.20. The molecule has 0 atom stereocenters. The number of hydrogen-bond donors (Lipinski definition) is 0. The molecule has 0 aliphatic heterocycles. The average Bonchev–Trinajstić information content (AvgIpc) is 3.20. The Morgan fingerprint density at radius 3 is 1.34 bits per heavy atom.